The van der Waals surface area contributed by atoms with Crippen molar-refractivity contribution < 1.29 is 23.5 Å². The highest BCUT2D eigenvalue weighted by Gasteiger charge is 2.11. The van der Waals surface area contributed by atoms with Crippen molar-refractivity contribution >= 4 is 11.9 Å². The summed E-state index contributed by atoms with van der Waals surface area (Å²) in [5.41, 5.74) is 0.788. The molecule has 0 aliphatic rings. The number of esters is 2. The molecule has 140 valence electrons. The minimum absolute atomic E-state index is 0.125. The van der Waals surface area contributed by atoms with E-state index in [1.807, 2.05) is 6.92 Å². The first-order valence-corrected chi connectivity index (χ1v) is 9.13. The van der Waals surface area contributed by atoms with Crippen molar-refractivity contribution in [2.75, 3.05) is 6.61 Å². The van der Waals surface area contributed by atoms with E-state index in [4.69, 9.17) is 9.47 Å². The van der Waals surface area contributed by atoms with Crippen LogP contribution in [0.5, 0.6) is 0 Å². The number of rotatable bonds is 12. The molecule has 0 amide bonds. The second-order valence-electron chi connectivity index (χ2n) is 6.11. The summed E-state index contributed by atoms with van der Waals surface area (Å²) in [4.78, 5) is 23.0. The molecule has 1 unspecified atom stereocenters. The number of halogens is 1. The van der Waals surface area contributed by atoms with Gasteiger partial charge in [0, 0.05) is 12.8 Å². The number of ether oxygens (including phenoxy) is 2. The Bertz CT molecular complexity index is 513. The highest BCUT2D eigenvalue weighted by atomic mass is 19.1. The highest BCUT2D eigenvalue weighted by molar-refractivity contribution is 5.69. The standard InChI is InChI=1S/C20H29FO4/c1-3-24-19(22)10-8-6-4-5-7-9-11-20(23)25-16(2)17-12-14-18(21)15-13-17/h12-16H,3-11H2,1-2H3. The molecule has 0 saturated carbocycles. The van der Waals surface area contributed by atoms with Crippen LogP contribution in [0.2, 0.25) is 0 Å². The Morgan fingerprint density at radius 1 is 0.920 bits per heavy atom. The van der Waals surface area contributed by atoms with Gasteiger partial charge >= 0.3 is 11.9 Å². The van der Waals surface area contributed by atoms with Gasteiger partial charge in [-0.3, -0.25) is 9.59 Å². The van der Waals surface area contributed by atoms with Crippen LogP contribution in [0.15, 0.2) is 24.3 Å². The summed E-state index contributed by atoms with van der Waals surface area (Å²) in [5, 5.41) is 0. The molecule has 0 aliphatic heterocycles. The zero-order valence-electron chi connectivity index (χ0n) is 15.3. The van der Waals surface area contributed by atoms with E-state index in [-0.39, 0.29) is 23.9 Å². The number of carbonyl (C=O) groups excluding carboxylic acids is 2. The van der Waals surface area contributed by atoms with Crippen molar-refractivity contribution in [3.05, 3.63) is 35.6 Å². The van der Waals surface area contributed by atoms with E-state index in [1.54, 1.807) is 19.1 Å². The van der Waals surface area contributed by atoms with Crippen molar-refractivity contribution in [1.82, 2.24) is 0 Å². The molecule has 1 aromatic carbocycles. The predicted octanol–water partition coefficient (Wildman–Crippen LogP) is 5.11. The molecule has 0 spiro atoms. The van der Waals surface area contributed by atoms with Gasteiger partial charge in [0.15, 0.2) is 0 Å². The van der Waals surface area contributed by atoms with Crippen molar-refractivity contribution in [1.29, 1.82) is 0 Å². The van der Waals surface area contributed by atoms with E-state index in [0.717, 1.165) is 44.1 Å². The van der Waals surface area contributed by atoms with Gasteiger partial charge in [0.25, 0.3) is 0 Å². The minimum atomic E-state index is -0.365. The smallest absolute Gasteiger partial charge is 0.306 e. The molecule has 4 nitrogen and oxygen atoms in total. The zero-order chi connectivity index (χ0) is 18.5. The average Bonchev–Trinajstić information content (AvgIpc) is 2.58. The fourth-order valence-corrected chi connectivity index (χ4v) is 2.54. The lowest BCUT2D eigenvalue weighted by atomic mass is 10.1. The molecular formula is C20H29FO4. The molecule has 0 saturated heterocycles. The number of hydrogen-bond donors (Lipinski definition) is 0. The topological polar surface area (TPSA) is 52.6 Å². The van der Waals surface area contributed by atoms with Crippen molar-refractivity contribution in [3.8, 4) is 0 Å². The second kappa shape index (κ2) is 12.5. The summed E-state index contributed by atoms with van der Waals surface area (Å²) in [6.45, 7) is 4.03. The Hall–Kier alpha value is -1.91. The van der Waals surface area contributed by atoms with Crippen LogP contribution in [0.25, 0.3) is 0 Å². The first-order valence-electron chi connectivity index (χ1n) is 9.13. The van der Waals surface area contributed by atoms with Gasteiger partial charge in [-0.05, 0) is 44.4 Å². The van der Waals surface area contributed by atoms with Gasteiger partial charge < -0.3 is 9.47 Å². The van der Waals surface area contributed by atoms with E-state index in [9.17, 15) is 14.0 Å². The van der Waals surface area contributed by atoms with Crippen LogP contribution in [0.4, 0.5) is 4.39 Å². The van der Waals surface area contributed by atoms with Gasteiger partial charge in [0.05, 0.1) is 6.61 Å². The van der Waals surface area contributed by atoms with Gasteiger partial charge in [0.2, 0.25) is 0 Å². The first kappa shape index (κ1) is 21.1. The van der Waals surface area contributed by atoms with Crippen LogP contribution in [-0.4, -0.2) is 18.5 Å². The molecular weight excluding hydrogens is 323 g/mol. The Labute approximate surface area is 149 Å². The summed E-state index contributed by atoms with van der Waals surface area (Å²) in [6.07, 6.45) is 6.25. The number of benzene rings is 1. The molecule has 0 fully saturated rings. The Morgan fingerprint density at radius 3 is 2.00 bits per heavy atom. The van der Waals surface area contributed by atoms with E-state index >= 15 is 0 Å². The third-order valence-electron chi connectivity index (χ3n) is 3.96. The summed E-state index contributed by atoms with van der Waals surface area (Å²) in [6, 6.07) is 5.98. The van der Waals surface area contributed by atoms with E-state index in [0.29, 0.717) is 19.4 Å². The largest absolute Gasteiger partial charge is 0.466 e. The maximum atomic E-state index is 12.9. The lowest BCUT2D eigenvalue weighted by Gasteiger charge is -2.13. The fraction of sp³-hybridized carbons (Fsp3) is 0.600. The van der Waals surface area contributed by atoms with Crippen molar-refractivity contribution in [2.45, 2.75) is 71.3 Å². The van der Waals surface area contributed by atoms with Crippen LogP contribution in [-0.2, 0) is 19.1 Å². The van der Waals surface area contributed by atoms with Crippen molar-refractivity contribution in [2.24, 2.45) is 0 Å². The van der Waals surface area contributed by atoms with Crippen LogP contribution < -0.4 is 0 Å². The molecule has 1 atom stereocenters. The van der Waals surface area contributed by atoms with Crippen molar-refractivity contribution in [3.63, 3.8) is 0 Å². The lowest BCUT2D eigenvalue weighted by molar-refractivity contribution is -0.148. The quantitative estimate of drug-likeness (QED) is 0.387. The normalized spacial score (nSPS) is 11.8. The molecule has 0 aromatic heterocycles. The molecule has 0 aliphatic carbocycles. The molecule has 5 heteroatoms. The van der Waals surface area contributed by atoms with E-state index < -0.39 is 0 Å². The van der Waals surface area contributed by atoms with E-state index in [2.05, 4.69) is 0 Å². The number of hydrogen-bond acceptors (Lipinski definition) is 4. The SMILES string of the molecule is CCOC(=O)CCCCCCCCC(=O)OC(C)c1ccc(F)cc1. The summed E-state index contributed by atoms with van der Waals surface area (Å²) in [7, 11) is 0. The van der Waals surface area contributed by atoms with Gasteiger partial charge in [-0.1, -0.05) is 37.8 Å². The number of carbonyl (C=O) groups is 2. The van der Waals surface area contributed by atoms with E-state index in [1.165, 1.54) is 12.1 Å². The fourth-order valence-electron chi connectivity index (χ4n) is 2.54. The predicted molar refractivity (Wildman–Crippen MR) is 94.5 cm³/mol. The monoisotopic (exact) mass is 352 g/mol. The first-order chi connectivity index (χ1) is 12.0. The number of unbranched alkanes of at least 4 members (excludes halogenated alkanes) is 5. The second-order valence-corrected chi connectivity index (χ2v) is 6.11. The third kappa shape index (κ3) is 9.85. The maximum Gasteiger partial charge on any atom is 0.306 e. The lowest BCUT2D eigenvalue weighted by Crippen LogP contribution is -2.08. The third-order valence-corrected chi connectivity index (χ3v) is 3.96. The Balaban J connectivity index is 2.03. The molecule has 0 bridgehead atoms. The molecule has 1 aromatic rings. The highest BCUT2D eigenvalue weighted by Crippen LogP contribution is 2.18. The Kier molecular flexibility index (Phi) is 10.5. The maximum absolute atomic E-state index is 12.9. The minimum Gasteiger partial charge on any atom is -0.466 e. The Morgan fingerprint density at radius 2 is 1.44 bits per heavy atom. The summed E-state index contributed by atoms with van der Waals surface area (Å²) < 4.78 is 23.1. The van der Waals surface area contributed by atoms with Gasteiger partial charge in [-0.15, -0.1) is 0 Å². The molecule has 0 heterocycles. The molecule has 25 heavy (non-hydrogen) atoms. The molecule has 0 radical (unpaired) electrons. The van der Waals surface area contributed by atoms with Crippen LogP contribution in [0, 0.1) is 5.82 Å². The summed E-state index contributed by atoms with van der Waals surface area (Å²) >= 11 is 0. The van der Waals surface area contributed by atoms with Crippen LogP contribution >= 0.6 is 0 Å². The van der Waals surface area contributed by atoms with Gasteiger partial charge in [-0.25, -0.2) is 4.39 Å². The average molecular weight is 352 g/mol. The molecule has 1 rings (SSSR count). The molecule has 0 N–H and O–H groups in total. The van der Waals surface area contributed by atoms with Crippen LogP contribution in [0.1, 0.15) is 76.9 Å². The summed E-state index contributed by atoms with van der Waals surface area (Å²) in [5.74, 6) is -0.649. The van der Waals surface area contributed by atoms with Gasteiger partial charge in [-0.2, -0.15) is 0 Å². The van der Waals surface area contributed by atoms with Crippen LogP contribution in [0.3, 0.4) is 0 Å². The van der Waals surface area contributed by atoms with Gasteiger partial charge in [0.1, 0.15) is 11.9 Å². The zero-order valence-corrected chi connectivity index (χ0v) is 15.3.